The minimum absolute atomic E-state index is 0.154. The van der Waals surface area contributed by atoms with Crippen molar-refractivity contribution >= 4 is 17.7 Å². The van der Waals surface area contributed by atoms with Crippen LogP contribution in [-0.2, 0) is 27.2 Å². The average Bonchev–Trinajstić information content (AvgIpc) is 2.64. The van der Waals surface area contributed by atoms with Crippen molar-refractivity contribution in [3.05, 3.63) is 70.5 Å². The molecule has 2 rings (SSSR count). The van der Waals surface area contributed by atoms with Gasteiger partial charge in [-0.2, -0.15) is 0 Å². The molecule has 2 aromatic rings. The number of primary amides is 1. The van der Waals surface area contributed by atoms with Crippen LogP contribution < -0.4 is 16.4 Å². The third-order valence-electron chi connectivity index (χ3n) is 4.72. The first-order valence-corrected chi connectivity index (χ1v) is 9.33. The second-order valence-electron chi connectivity index (χ2n) is 7.17. The van der Waals surface area contributed by atoms with Gasteiger partial charge in [0.15, 0.2) is 0 Å². The Bertz CT molecular complexity index is 897. The van der Waals surface area contributed by atoms with Gasteiger partial charge in [-0.3, -0.25) is 14.4 Å². The van der Waals surface area contributed by atoms with Crippen molar-refractivity contribution < 1.29 is 18.8 Å². The number of rotatable bonds is 8. The summed E-state index contributed by atoms with van der Waals surface area (Å²) < 4.78 is 13.1. The van der Waals surface area contributed by atoms with E-state index in [1.165, 1.54) is 31.2 Å². The Hall–Kier alpha value is -3.22. The van der Waals surface area contributed by atoms with E-state index in [4.69, 9.17) is 5.73 Å². The lowest BCUT2D eigenvalue weighted by Gasteiger charge is -2.22. The molecule has 6 nitrogen and oxygen atoms in total. The summed E-state index contributed by atoms with van der Waals surface area (Å²) in [5, 5.41) is 5.20. The molecule has 2 atom stereocenters. The minimum Gasteiger partial charge on any atom is -0.368 e. The molecule has 3 amide bonds. The van der Waals surface area contributed by atoms with E-state index in [2.05, 4.69) is 10.6 Å². The maximum absolute atomic E-state index is 13.1. The highest BCUT2D eigenvalue weighted by molar-refractivity contribution is 5.91. The Labute approximate surface area is 169 Å². The average molecular weight is 399 g/mol. The molecule has 0 saturated heterocycles. The Morgan fingerprint density at radius 1 is 0.897 bits per heavy atom. The van der Waals surface area contributed by atoms with Crippen molar-refractivity contribution in [1.82, 2.24) is 10.6 Å². The minimum atomic E-state index is -0.922. The van der Waals surface area contributed by atoms with Crippen LogP contribution in [0.15, 0.2) is 42.5 Å². The Morgan fingerprint density at radius 3 is 2.03 bits per heavy atom. The van der Waals surface area contributed by atoms with Crippen LogP contribution in [0.25, 0.3) is 0 Å². The highest BCUT2D eigenvalue weighted by atomic mass is 19.1. The van der Waals surface area contributed by atoms with Crippen LogP contribution in [0.5, 0.6) is 0 Å². The number of halogens is 1. The highest BCUT2D eigenvalue weighted by Crippen LogP contribution is 2.12. The molecular weight excluding hydrogens is 373 g/mol. The standard InChI is InChI=1S/C22H26FN3O3/c1-13-4-5-17(10-14(13)2)12-19(21(24)28)26-22(29)20(25-15(3)27)11-16-6-8-18(23)9-7-16/h4-10,19-20H,11-12H2,1-3H3,(H2,24,28)(H,25,27)(H,26,29)/t19-,20+/m0/s1. The summed E-state index contributed by atoms with van der Waals surface area (Å²) in [5.74, 6) is -1.98. The van der Waals surface area contributed by atoms with Gasteiger partial charge in [-0.15, -0.1) is 0 Å². The van der Waals surface area contributed by atoms with Gasteiger partial charge in [0.2, 0.25) is 17.7 Å². The second kappa shape index (κ2) is 9.82. The van der Waals surface area contributed by atoms with Gasteiger partial charge < -0.3 is 16.4 Å². The van der Waals surface area contributed by atoms with E-state index in [9.17, 15) is 18.8 Å². The van der Waals surface area contributed by atoms with E-state index in [0.717, 1.165) is 16.7 Å². The molecule has 0 saturated carbocycles. The number of hydrogen-bond donors (Lipinski definition) is 3. The number of amides is 3. The van der Waals surface area contributed by atoms with Crippen LogP contribution in [0.1, 0.15) is 29.2 Å². The van der Waals surface area contributed by atoms with Crippen molar-refractivity contribution in [2.75, 3.05) is 0 Å². The van der Waals surface area contributed by atoms with Gasteiger partial charge in [0, 0.05) is 19.8 Å². The smallest absolute Gasteiger partial charge is 0.243 e. The van der Waals surface area contributed by atoms with Crippen LogP contribution in [0, 0.1) is 19.7 Å². The summed E-state index contributed by atoms with van der Waals surface area (Å²) in [6.45, 7) is 5.25. The number of nitrogens with one attached hydrogen (secondary N) is 2. The van der Waals surface area contributed by atoms with Crippen molar-refractivity contribution in [2.24, 2.45) is 5.73 Å². The molecular formula is C22H26FN3O3. The molecule has 0 aliphatic heterocycles. The number of carbonyl (C=O) groups excluding carboxylic acids is 3. The van der Waals surface area contributed by atoms with E-state index in [1.807, 2.05) is 32.0 Å². The van der Waals surface area contributed by atoms with E-state index < -0.39 is 35.6 Å². The predicted octanol–water partition coefficient (Wildman–Crippen LogP) is 1.70. The zero-order chi connectivity index (χ0) is 21.6. The van der Waals surface area contributed by atoms with E-state index in [1.54, 1.807) is 0 Å². The molecule has 29 heavy (non-hydrogen) atoms. The van der Waals surface area contributed by atoms with Gasteiger partial charge in [-0.05, 0) is 48.2 Å². The fraction of sp³-hybridized carbons (Fsp3) is 0.318. The van der Waals surface area contributed by atoms with Crippen molar-refractivity contribution in [3.63, 3.8) is 0 Å². The lowest BCUT2D eigenvalue weighted by Crippen LogP contribution is -2.54. The number of hydrogen-bond acceptors (Lipinski definition) is 3. The summed E-state index contributed by atoms with van der Waals surface area (Å²) in [6, 6.07) is 9.58. The molecule has 0 spiro atoms. The van der Waals surface area contributed by atoms with Crippen LogP contribution in [0.3, 0.4) is 0 Å². The zero-order valence-electron chi connectivity index (χ0n) is 16.8. The molecule has 4 N–H and O–H groups in total. The fourth-order valence-corrected chi connectivity index (χ4v) is 2.97. The summed E-state index contributed by atoms with van der Waals surface area (Å²) in [7, 11) is 0. The van der Waals surface area contributed by atoms with Crippen molar-refractivity contribution in [3.8, 4) is 0 Å². The molecule has 154 valence electrons. The quantitative estimate of drug-likeness (QED) is 0.630. The summed E-state index contributed by atoms with van der Waals surface area (Å²) in [4.78, 5) is 36.2. The highest BCUT2D eigenvalue weighted by Gasteiger charge is 2.25. The molecule has 7 heteroatoms. The van der Waals surface area contributed by atoms with Gasteiger partial charge in [0.25, 0.3) is 0 Å². The van der Waals surface area contributed by atoms with Crippen LogP contribution in [0.2, 0.25) is 0 Å². The molecule has 0 bridgehead atoms. The molecule has 0 aliphatic rings. The molecule has 0 fully saturated rings. The third kappa shape index (κ3) is 6.71. The topological polar surface area (TPSA) is 101 Å². The first-order valence-electron chi connectivity index (χ1n) is 9.33. The lowest BCUT2D eigenvalue weighted by atomic mass is 9.99. The van der Waals surface area contributed by atoms with Crippen LogP contribution in [0.4, 0.5) is 4.39 Å². The molecule has 0 radical (unpaired) electrons. The Morgan fingerprint density at radius 2 is 1.48 bits per heavy atom. The molecule has 0 unspecified atom stereocenters. The molecule has 0 aromatic heterocycles. The number of aryl methyl sites for hydroxylation is 2. The van der Waals surface area contributed by atoms with Crippen molar-refractivity contribution in [1.29, 1.82) is 0 Å². The summed E-state index contributed by atoms with van der Waals surface area (Å²) >= 11 is 0. The maximum Gasteiger partial charge on any atom is 0.243 e. The second-order valence-corrected chi connectivity index (χ2v) is 7.17. The maximum atomic E-state index is 13.1. The number of benzene rings is 2. The number of carbonyl (C=O) groups is 3. The van der Waals surface area contributed by atoms with E-state index >= 15 is 0 Å². The summed E-state index contributed by atoms with van der Waals surface area (Å²) in [6.07, 6.45) is 0.395. The number of nitrogens with two attached hydrogens (primary N) is 1. The molecule has 2 aromatic carbocycles. The SMILES string of the molecule is CC(=O)N[C@H](Cc1ccc(F)cc1)C(=O)N[C@@H](Cc1ccc(C)c(C)c1)C(N)=O. The van der Waals surface area contributed by atoms with E-state index in [-0.39, 0.29) is 12.8 Å². The largest absolute Gasteiger partial charge is 0.368 e. The predicted molar refractivity (Wildman–Crippen MR) is 108 cm³/mol. The van der Waals surface area contributed by atoms with E-state index in [0.29, 0.717) is 5.56 Å². The zero-order valence-corrected chi connectivity index (χ0v) is 16.8. The Kier molecular flexibility index (Phi) is 7.47. The lowest BCUT2D eigenvalue weighted by molar-refractivity contribution is -0.130. The monoisotopic (exact) mass is 399 g/mol. The third-order valence-corrected chi connectivity index (χ3v) is 4.72. The Balaban J connectivity index is 2.14. The first-order chi connectivity index (χ1) is 13.7. The van der Waals surface area contributed by atoms with Gasteiger partial charge in [0.1, 0.15) is 17.9 Å². The van der Waals surface area contributed by atoms with Crippen LogP contribution in [-0.4, -0.2) is 29.8 Å². The molecule has 0 heterocycles. The van der Waals surface area contributed by atoms with Crippen molar-refractivity contribution in [2.45, 2.75) is 45.7 Å². The van der Waals surface area contributed by atoms with Crippen LogP contribution >= 0.6 is 0 Å². The van der Waals surface area contributed by atoms with Gasteiger partial charge in [-0.1, -0.05) is 30.3 Å². The normalized spacial score (nSPS) is 12.7. The van der Waals surface area contributed by atoms with Gasteiger partial charge >= 0.3 is 0 Å². The van der Waals surface area contributed by atoms with Gasteiger partial charge in [-0.25, -0.2) is 4.39 Å². The first kappa shape index (κ1) is 22.1. The summed E-state index contributed by atoms with van der Waals surface area (Å²) in [5.41, 5.74) is 9.22. The molecule has 0 aliphatic carbocycles. The fourth-order valence-electron chi connectivity index (χ4n) is 2.97. The van der Waals surface area contributed by atoms with Gasteiger partial charge in [0.05, 0.1) is 0 Å².